The first-order chi connectivity index (χ1) is 6.77. The molecule has 2 aromatic rings. The molecule has 0 atom stereocenters. The molecule has 0 saturated heterocycles. The maximum atomic E-state index is 9.73. The van der Waals surface area contributed by atoms with Gasteiger partial charge in [-0.3, -0.25) is 0 Å². The largest absolute Gasteiger partial charge is 0.507 e. The first kappa shape index (κ1) is 8.74. The molecule has 0 aliphatic heterocycles. The van der Waals surface area contributed by atoms with Crippen LogP contribution in [0.1, 0.15) is 11.1 Å². The number of aromatic hydroxyl groups is 1. The first-order valence-electron chi connectivity index (χ1n) is 4.37. The second-order valence-electron chi connectivity index (χ2n) is 3.18. The minimum atomic E-state index is 0.336. The molecule has 1 N–H and O–H groups in total. The highest BCUT2D eigenvalue weighted by atomic mass is 16.3. The van der Waals surface area contributed by atoms with Gasteiger partial charge >= 0.3 is 0 Å². The van der Waals surface area contributed by atoms with Gasteiger partial charge in [0.25, 0.3) is 0 Å². The van der Waals surface area contributed by atoms with Crippen molar-refractivity contribution in [2.75, 3.05) is 0 Å². The number of para-hydroxylation sites is 1. The van der Waals surface area contributed by atoms with Crippen molar-refractivity contribution in [3.05, 3.63) is 42.0 Å². The molecule has 1 aromatic heterocycles. The second-order valence-corrected chi connectivity index (χ2v) is 3.18. The van der Waals surface area contributed by atoms with Crippen LogP contribution in [-0.4, -0.2) is 19.9 Å². The molecule has 0 aliphatic carbocycles. The molecule has 0 saturated carbocycles. The SMILES string of the molecule is Cc1cccc(Cn2cncn2)c1O. The lowest BCUT2D eigenvalue weighted by Gasteiger charge is -2.06. The number of phenols is 1. The maximum Gasteiger partial charge on any atom is 0.137 e. The maximum absolute atomic E-state index is 9.73. The van der Waals surface area contributed by atoms with E-state index < -0.39 is 0 Å². The summed E-state index contributed by atoms with van der Waals surface area (Å²) >= 11 is 0. The van der Waals surface area contributed by atoms with Crippen LogP contribution in [0, 0.1) is 6.92 Å². The third-order valence-electron chi connectivity index (χ3n) is 2.12. The number of nitrogens with zero attached hydrogens (tertiary/aromatic N) is 3. The van der Waals surface area contributed by atoms with Crippen molar-refractivity contribution in [3.63, 3.8) is 0 Å². The predicted molar refractivity (Wildman–Crippen MR) is 52.0 cm³/mol. The standard InChI is InChI=1S/C10H11N3O/c1-8-3-2-4-9(10(8)14)5-13-7-11-6-12-13/h2-4,6-7,14H,5H2,1H3. The number of hydrogen-bond donors (Lipinski definition) is 1. The molecule has 0 fully saturated rings. The van der Waals surface area contributed by atoms with Crippen LogP contribution in [0.15, 0.2) is 30.9 Å². The minimum absolute atomic E-state index is 0.336. The Morgan fingerprint density at radius 3 is 3.00 bits per heavy atom. The second kappa shape index (κ2) is 3.49. The van der Waals surface area contributed by atoms with Crippen molar-refractivity contribution in [3.8, 4) is 5.75 Å². The highest BCUT2D eigenvalue weighted by Gasteiger charge is 2.03. The summed E-state index contributed by atoms with van der Waals surface area (Å²) in [7, 11) is 0. The van der Waals surface area contributed by atoms with Crippen molar-refractivity contribution in [2.45, 2.75) is 13.5 Å². The van der Waals surface area contributed by atoms with E-state index in [2.05, 4.69) is 10.1 Å². The topological polar surface area (TPSA) is 50.9 Å². The van der Waals surface area contributed by atoms with Crippen LogP contribution in [0.5, 0.6) is 5.75 Å². The van der Waals surface area contributed by atoms with Gasteiger partial charge in [-0.25, -0.2) is 9.67 Å². The lowest BCUT2D eigenvalue weighted by molar-refractivity contribution is 0.459. The Hall–Kier alpha value is -1.84. The molecular weight excluding hydrogens is 178 g/mol. The van der Waals surface area contributed by atoms with E-state index in [0.717, 1.165) is 11.1 Å². The van der Waals surface area contributed by atoms with Crippen LogP contribution >= 0.6 is 0 Å². The van der Waals surface area contributed by atoms with Crippen molar-refractivity contribution in [1.29, 1.82) is 0 Å². The van der Waals surface area contributed by atoms with Gasteiger partial charge in [0.1, 0.15) is 18.4 Å². The summed E-state index contributed by atoms with van der Waals surface area (Å²) in [6.07, 6.45) is 3.11. The number of rotatable bonds is 2. The van der Waals surface area contributed by atoms with E-state index in [1.807, 2.05) is 25.1 Å². The first-order valence-corrected chi connectivity index (χ1v) is 4.37. The Kier molecular flexibility index (Phi) is 2.18. The molecule has 2 rings (SSSR count). The molecule has 0 amide bonds. The van der Waals surface area contributed by atoms with Gasteiger partial charge in [0, 0.05) is 5.56 Å². The summed E-state index contributed by atoms with van der Waals surface area (Å²) in [6, 6.07) is 5.67. The number of aromatic nitrogens is 3. The Labute approximate surface area is 81.8 Å². The summed E-state index contributed by atoms with van der Waals surface area (Å²) in [5.74, 6) is 0.336. The van der Waals surface area contributed by atoms with Crippen LogP contribution in [0.2, 0.25) is 0 Å². The highest BCUT2D eigenvalue weighted by molar-refractivity contribution is 5.39. The molecule has 72 valence electrons. The molecular formula is C10H11N3O. The minimum Gasteiger partial charge on any atom is -0.507 e. The molecule has 1 heterocycles. The Morgan fingerprint density at radius 2 is 2.29 bits per heavy atom. The third kappa shape index (κ3) is 1.59. The van der Waals surface area contributed by atoms with E-state index in [1.165, 1.54) is 6.33 Å². The molecule has 1 aromatic carbocycles. The Morgan fingerprint density at radius 1 is 1.43 bits per heavy atom. The lowest BCUT2D eigenvalue weighted by Crippen LogP contribution is -2.00. The summed E-state index contributed by atoms with van der Waals surface area (Å²) in [4.78, 5) is 3.84. The van der Waals surface area contributed by atoms with Crippen molar-refractivity contribution in [1.82, 2.24) is 14.8 Å². The fourth-order valence-corrected chi connectivity index (χ4v) is 1.34. The summed E-state index contributed by atoms with van der Waals surface area (Å²) in [5, 5.41) is 13.7. The van der Waals surface area contributed by atoms with Gasteiger partial charge in [-0.1, -0.05) is 18.2 Å². The number of hydrogen-bond acceptors (Lipinski definition) is 3. The number of aryl methyl sites for hydroxylation is 1. The normalized spacial score (nSPS) is 10.4. The monoisotopic (exact) mass is 189 g/mol. The van der Waals surface area contributed by atoms with E-state index in [0.29, 0.717) is 12.3 Å². The zero-order valence-corrected chi connectivity index (χ0v) is 7.88. The summed E-state index contributed by atoms with van der Waals surface area (Å²) < 4.78 is 1.68. The van der Waals surface area contributed by atoms with Crippen LogP contribution < -0.4 is 0 Å². The van der Waals surface area contributed by atoms with E-state index in [9.17, 15) is 5.11 Å². The van der Waals surface area contributed by atoms with Crippen LogP contribution in [0.3, 0.4) is 0 Å². The Balaban J connectivity index is 2.29. The molecule has 0 unspecified atom stereocenters. The van der Waals surface area contributed by atoms with Gasteiger partial charge < -0.3 is 5.11 Å². The molecule has 0 bridgehead atoms. The molecule has 14 heavy (non-hydrogen) atoms. The Bertz CT molecular complexity index is 423. The molecule has 0 spiro atoms. The summed E-state index contributed by atoms with van der Waals surface area (Å²) in [6.45, 7) is 2.42. The fourth-order valence-electron chi connectivity index (χ4n) is 1.34. The van der Waals surface area contributed by atoms with Crippen molar-refractivity contribution in [2.24, 2.45) is 0 Å². The average molecular weight is 189 g/mol. The van der Waals surface area contributed by atoms with Gasteiger partial charge in [0.05, 0.1) is 6.54 Å². The average Bonchev–Trinajstić information content (AvgIpc) is 2.66. The zero-order chi connectivity index (χ0) is 9.97. The lowest BCUT2D eigenvalue weighted by atomic mass is 10.1. The number of phenolic OH excluding ortho intramolecular Hbond substituents is 1. The molecule has 4 heteroatoms. The van der Waals surface area contributed by atoms with E-state index in [-0.39, 0.29) is 0 Å². The molecule has 0 aliphatic rings. The van der Waals surface area contributed by atoms with Crippen molar-refractivity contribution >= 4 is 0 Å². The van der Waals surface area contributed by atoms with E-state index in [1.54, 1.807) is 11.0 Å². The van der Waals surface area contributed by atoms with Gasteiger partial charge in [0.2, 0.25) is 0 Å². The fraction of sp³-hybridized carbons (Fsp3) is 0.200. The van der Waals surface area contributed by atoms with Gasteiger partial charge in [-0.05, 0) is 12.5 Å². The quantitative estimate of drug-likeness (QED) is 0.775. The van der Waals surface area contributed by atoms with Crippen LogP contribution in [0.4, 0.5) is 0 Å². The molecule has 4 nitrogen and oxygen atoms in total. The highest BCUT2D eigenvalue weighted by Crippen LogP contribution is 2.21. The predicted octanol–water partition coefficient (Wildman–Crippen LogP) is 1.34. The van der Waals surface area contributed by atoms with E-state index >= 15 is 0 Å². The summed E-state index contributed by atoms with van der Waals surface area (Å²) in [5.41, 5.74) is 1.73. The van der Waals surface area contributed by atoms with Crippen LogP contribution in [0.25, 0.3) is 0 Å². The van der Waals surface area contributed by atoms with Crippen molar-refractivity contribution < 1.29 is 5.11 Å². The zero-order valence-electron chi connectivity index (χ0n) is 7.88. The van der Waals surface area contributed by atoms with Gasteiger partial charge in [0.15, 0.2) is 0 Å². The number of benzene rings is 1. The molecule has 0 radical (unpaired) electrons. The third-order valence-corrected chi connectivity index (χ3v) is 2.12. The smallest absolute Gasteiger partial charge is 0.137 e. The van der Waals surface area contributed by atoms with Gasteiger partial charge in [-0.15, -0.1) is 0 Å². The van der Waals surface area contributed by atoms with E-state index in [4.69, 9.17) is 0 Å². The van der Waals surface area contributed by atoms with Gasteiger partial charge in [-0.2, -0.15) is 5.10 Å². The van der Waals surface area contributed by atoms with Crippen LogP contribution in [-0.2, 0) is 6.54 Å².